The van der Waals surface area contributed by atoms with Gasteiger partial charge in [0.1, 0.15) is 0 Å². The van der Waals surface area contributed by atoms with Crippen LogP contribution in [0.1, 0.15) is 6.92 Å². The van der Waals surface area contributed by atoms with E-state index in [1.54, 1.807) is 6.20 Å². The van der Waals surface area contributed by atoms with Crippen molar-refractivity contribution in [3.8, 4) is 11.3 Å². The molecule has 0 radical (unpaired) electrons. The summed E-state index contributed by atoms with van der Waals surface area (Å²) in [7, 11) is 4.02. The number of hydrogen-bond donors (Lipinski definition) is 2. The molecular formula is C15H20N4O. The molecule has 0 aliphatic rings. The highest BCUT2D eigenvalue weighted by molar-refractivity contribution is 5.63. The Bertz CT molecular complexity index is 554. The molecule has 20 heavy (non-hydrogen) atoms. The van der Waals surface area contributed by atoms with Gasteiger partial charge in [-0.3, -0.25) is 0 Å². The average Bonchev–Trinajstić information content (AvgIpc) is 2.47. The number of aliphatic hydroxyl groups is 1. The molecule has 1 aromatic carbocycles. The molecule has 0 saturated carbocycles. The number of aliphatic hydroxyl groups excluding tert-OH is 1. The number of nitrogens with one attached hydrogen (secondary N) is 1. The fourth-order valence-electron chi connectivity index (χ4n) is 1.79. The first-order chi connectivity index (χ1) is 9.60. The molecule has 1 heterocycles. The SMILES string of the molecule is CC(CO)Nc1nccc(-c2ccc(N(C)C)cc2)n1. The van der Waals surface area contributed by atoms with Crippen LogP contribution in [-0.4, -0.2) is 41.8 Å². The predicted molar refractivity (Wildman–Crippen MR) is 82.0 cm³/mol. The van der Waals surface area contributed by atoms with Crippen LogP contribution in [-0.2, 0) is 0 Å². The fraction of sp³-hybridized carbons (Fsp3) is 0.333. The summed E-state index contributed by atoms with van der Waals surface area (Å²) in [5, 5.41) is 12.1. The second-order valence-electron chi connectivity index (χ2n) is 4.93. The summed E-state index contributed by atoms with van der Waals surface area (Å²) >= 11 is 0. The molecule has 0 fully saturated rings. The maximum Gasteiger partial charge on any atom is 0.223 e. The maximum absolute atomic E-state index is 9.04. The van der Waals surface area contributed by atoms with E-state index >= 15 is 0 Å². The Hall–Kier alpha value is -2.14. The lowest BCUT2D eigenvalue weighted by molar-refractivity contribution is 0.281. The van der Waals surface area contributed by atoms with Crippen molar-refractivity contribution in [2.45, 2.75) is 13.0 Å². The molecule has 0 aliphatic heterocycles. The highest BCUT2D eigenvalue weighted by Crippen LogP contribution is 2.21. The van der Waals surface area contributed by atoms with E-state index in [0.29, 0.717) is 5.95 Å². The molecule has 0 spiro atoms. The summed E-state index contributed by atoms with van der Waals surface area (Å²) < 4.78 is 0. The van der Waals surface area contributed by atoms with Gasteiger partial charge in [-0.15, -0.1) is 0 Å². The molecule has 5 heteroatoms. The number of rotatable bonds is 5. The maximum atomic E-state index is 9.04. The molecule has 2 aromatic rings. The van der Waals surface area contributed by atoms with Crippen molar-refractivity contribution < 1.29 is 5.11 Å². The summed E-state index contributed by atoms with van der Waals surface area (Å²) in [6, 6.07) is 10.00. The standard InChI is InChI=1S/C15H20N4O/c1-11(10-20)17-15-16-9-8-14(18-15)12-4-6-13(7-5-12)19(2)3/h4-9,11,20H,10H2,1-3H3,(H,16,17,18). The Kier molecular flexibility index (Phi) is 4.53. The van der Waals surface area contributed by atoms with E-state index in [2.05, 4.69) is 32.3 Å². The summed E-state index contributed by atoms with van der Waals surface area (Å²) in [6.07, 6.45) is 1.72. The molecule has 2 rings (SSSR count). The lowest BCUT2D eigenvalue weighted by Gasteiger charge is -2.13. The minimum absolute atomic E-state index is 0.0467. The first-order valence-electron chi connectivity index (χ1n) is 6.58. The van der Waals surface area contributed by atoms with Gasteiger partial charge in [0.15, 0.2) is 0 Å². The van der Waals surface area contributed by atoms with Gasteiger partial charge in [0.25, 0.3) is 0 Å². The molecule has 1 aromatic heterocycles. The molecule has 1 unspecified atom stereocenters. The zero-order valence-corrected chi connectivity index (χ0v) is 12.0. The summed E-state index contributed by atoms with van der Waals surface area (Å²) in [5.74, 6) is 0.528. The lowest BCUT2D eigenvalue weighted by atomic mass is 10.1. The van der Waals surface area contributed by atoms with Crippen LogP contribution in [0.2, 0.25) is 0 Å². The highest BCUT2D eigenvalue weighted by atomic mass is 16.3. The second kappa shape index (κ2) is 6.34. The van der Waals surface area contributed by atoms with Crippen LogP contribution in [0.15, 0.2) is 36.5 Å². The van der Waals surface area contributed by atoms with Crippen molar-refractivity contribution in [2.75, 3.05) is 30.9 Å². The van der Waals surface area contributed by atoms with Crippen molar-refractivity contribution in [2.24, 2.45) is 0 Å². The number of aromatic nitrogens is 2. The smallest absolute Gasteiger partial charge is 0.223 e. The van der Waals surface area contributed by atoms with Crippen molar-refractivity contribution in [3.63, 3.8) is 0 Å². The zero-order valence-electron chi connectivity index (χ0n) is 12.0. The zero-order chi connectivity index (χ0) is 14.5. The van der Waals surface area contributed by atoms with Crippen LogP contribution in [0, 0.1) is 0 Å². The van der Waals surface area contributed by atoms with Crippen LogP contribution < -0.4 is 10.2 Å². The van der Waals surface area contributed by atoms with Gasteiger partial charge in [-0.25, -0.2) is 9.97 Å². The second-order valence-corrected chi connectivity index (χ2v) is 4.93. The number of nitrogens with zero attached hydrogens (tertiary/aromatic N) is 3. The van der Waals surface area contributed by atoms with E-state index < -0.39 is 0 Å². The third kappa shape index (κ3) is 3.45. The number of benzene rings is 1. The van der Waals surface area contributed by atoms with Gasteiger partial charge in [0.2, 0.25) is 5.95 Å². The van der Waals surface area contributed by atoms with E-state index in [0.717, 1.165) is 16.9 Å². The Morgan fingerprint density at radius 1 is 1.20 bits per heavy atom. The van der Waals surface area contributed by atoms with E-state index in [-0.39, 0.29) is 12.6 Å². The number of hydrogen-bond acceptors (Lipinski definition) is 5. The van der Waals surface area contributed by atoms with Gasteiger partial charge >= 0.3 is 0 Å². The average molecular weight is 272 g/mol. The Morgan fingerprint density at radius 3 is 2.50 bits per heavy atom. The fourth-order valence-corrected chi connectivity index (χ4v) is 1.79. The van der Waals surface area contributed by atoms with Gasteiger partial charge in [-0.2, -0.15) is 0 Å². The van der Waals surface area contributed by atoms with Crippen LogP contribution in [0.4, 0.5) is 11.6 Å². The minimum Gasteiger partial charge on any atom is -0.394 e. The molecular weight excluding hydrogens is 252 g/mol. The molecule has 0 amide bonds. The third-order valence-corrected chi connectivity index (χ3v) is 2.98. The molecule has 0 aliphatic carbocycles. The predicted octanol–water partition coefficient (Wildman–Crippen LogP) is 2.00. The van der Waals surface area contributed by atoms with Crippen molar-refractivity contribution in [1.82, 2.24) is 9.97 Å². The minimum atomic E-state index is -0.0682. The van der Waals surface area contributed by atoms with Crippen LogP contribution in [0.25, 0.3) is 11.3 Å². The normalized spacial score (nSPS) is 12.0. The Labute approximate surface area is 119 Å². The molecule has 0 bridgehead atoms. The summed E-state index contributed by atoms with van der Waals surface area (Å²) in [6.45, 7) is 1.92. The largest absolute Gasteiger partial charge is 0.394 e. The van der Waals surface area contributed by atoms with Crippen LogP contribution >= 0.6 is 0 Å². The molecule has 5 nitrogen and oxygen atoms in total. The lowest BCUT2D eigenvalue weighted by Crippen LogP contribution is -2.20. The van der Waals surface area contributed by atoms with Gasteiger partial charge in [0.05, 0.1) is 12.3 Å². The topological polar surface area (TPSA) is 61.3 Å². The van der Waals surface area contributed by atoms with Gasteiger partial charge < -0.3 is 15.3 Å². The first-order valence-corrected chi connectivity index (χ1v) is 6.58. The quantitative estimate of drug-likeness (QED) is 0.871. The highest BCUT2D eigenvalue weighted by Gasteiger charge is 2.05. The van der Waals surface area contributed by atoms with E-state index in [1.165, 1.54) is 0 Å². The molecule has 106 valence electrons. The van der Waals surface area contributed by atoms with E-state index in [4.69, 9.17) is 5.11 Å². The van der Waals surface area contributed by atoms with Gasteiger partial charge in [0, 0.05) is 37.6 Å². The number of anilines is 2. The van der Waals surface area contributed by atoms with Crippen LogP contribution in [0.3, 0.4) is 0 Å². The van der Waals surface area contributed by atoms with Crippen LogP contribution in [0.5, 0.6) is 0 Å². The summed E-state index contributed by atoms with van der Waals surface area (Å²) in [4.78, 5) is 10.7. The van der Waals surface area contributed by atoms with Crippen molar-refractivity contribution >= 4 is 11.6 Å². The molecule has 2 N–H and O–H groups in total. The molecule has 1 atom stereocenters. The van der Waals surface area contributed by atoms with Gasteiger partial charge in [-0.1, -0.05) is 12.1 Å². The Balaban J connectivity index is 2.22. The van der Waals surface area contributed by atoms with Gasteiger partial charge in [-0.05, 0) is 25.1 Å². The van der Waals surface area contributed by atoms with Crippen molar-refractivity contribution in [1.29, 1.82) is 0 Å². The van der Waals surface area contributed by atoms with E-state index in [1.807, 2.05) is 39.2 Å². The third-order valence-electron chi connectivity index (χ3n) is 2.98. The van der Waals surface area contributed by atoms with E-state index in [9.17, 15) is 0 Å². The molecule has 0 saturated heterocycles. The summed E-state index contributed by atoms with van der Waals surface area (Å²) in [5.41, 5.74) is 3.05. The first kappa shape index (κ1) is 14.3. The Morgan fingerprint density at radius 2 is 1.90 bits per heavy atom. The van der Waals surface area contributed by atoms with Crippen molar-refractivity contribution in [3.05, 3.63) is 36.5 Å². The monoisotopic (exact) mass is 272 g/mol.